The molecule has 3 heterocycles. The summed E-state index contributed by atoms with van der Waals surface area (Å²) in [6.45, 7) is 3.98. The zero-order chi connectivity index (χ0) is 23.7. The maximum absolute atomic E-state index is 11.5. The minimum atomic E-state index is -0.504. The number of ether oxygens (including phenoxy) is 1. The summed E-state index contributed by atoms with van der Waals surface area (Å²) >= 11 is 6.14. The van der Waals surface area contributed by atoms with Gasteiger partial charge in [0.15, 0.2) is 11.1 Å². The molecule has 1 aromatic carbocycles. The van der Waals surface area contributed by atoms with Crippen LogP contribution in [0.1, 0.15) is 25.5 Å². The lowest BCUT2D eigenvalue weighted by Crippen LogP contribution is -2.22. The lowest BCUT2D eigenvalue weighted by atomic mass is 10.1. The number of anilines is 2. The topological polar surface area (TPSA) is 133 Å². The maximum Gasteiger partial charge on any atom is 0.326 e. The zero-order valence-corrected chi connectivity index (χ0v) is 19.3. The number of benzene rings is 1. The molecule has 0 saturated heterocycles. The summed E-state index contributed by atoms with van der Waals surface area (Å²) in [5.41, 5.74) is 1.73. The lowest BCUT2D eigenvalue weighted by Gasteiger charge is -2.12. The van der Waals surface area contributed by atoms with Crippen LogP contribution in [0.2, 0.25) is 5.02 Å². The number of aromatic amines is 2. The van der Waals surface area contributed by atoms with Crippen LogP contribution in [0.25, 0.3) is 11.7 Å². The molecule has 0 radical (unpaired) electrons. The van der Waals surface area contributed by atoms with Crippen LogP contribution in [0.3, 0.4) is 0 Å². The first-order valence-electron chi connectivity index (χ1n) is 11.0. The number of aromatic nitrogens is 5. The van der Waals surface area contributed by atoms with E-state index in [0.717, 1.165) is 18.5 Å². The molecule has 4 N–H and O–H groups in total. The Morgan fingerprint density at radius 2 is 2.21 bits per heavy atom. The molecule has 1 fully saturated rings. The highest BCUT2D eigenvalue weighted by Crippen LogP contribution is 2.45. The molecule has 3 aromatic heterocycles. The Hall–Kier alpha value is -3.63. The van der Waals surface area contributed by atoms with Crippen molar-refractivity contribution in [3.05, 3.63) is 68.4 Å². The highest BCUT2D eigenvalue weighted by Gasteiger charge is 2.42. The molecule has 0 amide bonds. The second-order valence-corrected chi connectivity index (χ2v) is 8.85. The highest BCUT2D eigenvalue weighted by atomic mass is 35.5. The van der Waals surface area contributed by atoms with Gasteiger partial charge in [-0.2, -0.15) is 9.61 Å². The van der Waals surface area contributed by atoms with E-state index in [0.29, 0.717) is 47.0 Å². The molecule has 1 aliphatic rings. The number of rotatable bonds is 8. The molecular formula is C23H24ClN7O3. The molecule has 4 aromatic rings. The van der Waals surface area contributed by atoms with E-state index >= 15 is 0 Å². The largest absolute Gasteiger partial charge is 0.493 e. The molecule has 0 bridgehead atoms. The predicted octanol–water partition coefficient (Wildman–Crippen LogP) is 2.11. The molecule has 0 spiro atoms. The molecule has 0 aliphatic heterocycles. The van der Waals surface area contributed by atoms with Crippen LogP contribution in [0.5, 0.6) is 5.88 Å². The fourth-order valence-electron chi connectivity index (χ4n) is 3.70. The van der Waals surface area contributed by atoms with Gasteiger partial charge < -0.3 is 20.1 Å². The molecule has 1 saturated carbocycles. The predicted molar refractivity (Wildman–Crippen MR) is 128 cm³/mol. The van der Waals surface area contributed by atoms with Gasteiger partial charge in [-0.15, -0.1) is 0 Å². The van der Waals surface area contributed by atoms with Crippen LogP contribution in [-0.2, 0) is 4.74 Å². The first kappa shape index (κ1) is 22.2. The molecule has 176 valence electrons. The minimum Gasteiger partial charge on any atom is -0.493 e. The van der Waals surface area contributed by atoms with E-state index in [1.165, 1.54) is 0 Å². The molecular weight excluding hydrogens is 458 g/mol. The molecule has 1 aliphatic carbocycles. The molecule has 34 heavy (non-hydrogen) atoms. The van der Waals surface area contributed by atoms with Gasteiger partial charge >= 0.3 is 5.69 Å². The number of aromatic hydroxyl groups is 1. The van der Waals surface area contributed by atoms with Crippen molar-refractivity contribution in [2.24, 2.45) is 10.4 Å². The summed E-state index contributed by atoms with van der Waals surface area (Å²) in [5.74, 6) is 0.305. The number of hydrogen-bond acceptors (Lipinski definition) is 7. The van der Waals surface area contributed by atoms with Crippen molar-refractivity contribution < 1.29 is 9.84 Å². The van der Waals surface area contributed by atoms with Gasteiger partial charge in [0.05, 0.1) is 12.8 Å². The fourth-order valence-corrected chi connectivity index (χ4v) is 3.89. The van der Waals surface area contributed by atoms with E-state index in [-0.39, 0.29) is 17.0 Å². The second-order valence-electron chi connectivity index (χ2n) is 8.41. The Labute approximate surface area is 199 Å². The molecule has 11 heteroatoms. The van der Waals surface area contributed by atoms with Crippen molar-refractivity contribution in [3.63, 3.8) is 0 Å². The SMILES string of the molecule is CCOCC1(CN=c2cc(Nc3cccc(Cl)c3)nc3c(=Cc4[nH]c(=O)[nH]c4O)cnn23)CC1. The van der Waals surface area contributed by atoms with Crippen LogP contribution in [0.15, 0.2) is 46.3 Å². The fraction of sp³-hybridized carbons (Fsp3) is 0.304. The quantitative estimate of drug-likeness (QED) is 0.304. The van der Waals surface area contributed by atoms with E-state index in [9.17, 15) is 9.90 Å². The number of nitrogens with zero attached hydrogens (tertiary/aromatic N) is 4. The normalized spacial score (nSPS) is 15.8. The van der Waals surface area contributed by atoms with Gasteiger partial charge in [-0.25, -0.2) is 9.78 Å². The number of imidazole rings is 1. The van der Waals surface area contributed by atoms with Gasteiger partial charge in [0.25, 0.3) is 0 Å². The lowest BCUT2D eigenvalue weighted by molar-refractivity contribution is 0.103. The number of fused-ring (bicyclic) bond motifs is 1. The third-order valence-electron chi connectivity index (χ3n) is 5.76. The van der Waals surface area contributed by atoms with E-state index in [4.69, 9.17) is 26.3 Å². The zero-order valence-electron chi connectivity index (χ0n) is 18.5. The Kier molecular flexibility index (Phi) is 5.84. The molecule has 0 atom stereocenters. The first-order valence-corrected chi connectivity index (χ1v) is 11.4. The number of H-pyrrole nitrogens is 2. The van der Waals surface area contributed by atoms with Crippen molar-refractivity contribution in [2.75, 3.05) is 25.1 Å². The number of halogens is 1. The average Bonchev–Trinajstić information content (AvgIpc) is 3.36. The van der Waals surface area contributed by atoms with Gasteiger partial charge in [-0.3, -0.25) is 9.98 Å². The van der Waals surface area contributed by atoms with Crippen LogP contribution < -0.4 is 21.7 Å². The maximum atomic E-state index is 11.5. The molecule has 0 unspecified atom stereocenters. The van der Waals surface area contributed by atoms with E-state index in [1.54, 1.807) is 28.9 Å². The summed E-state index contributed by atoms with van der Waals surface area (Å²) in [5, 5.41) is 18.9. The van der Waals surface area contributed by atoms with E-state index in [2.05, 4.69) is 20.4 Å². The van der Waals surface area contributed by atoms with Gasteiger partial charge in [0.2, 0.25) is 5.88 Å². The first-order chi connectivity index (χ1) is 16.4. The third kappa shape index (κ3) is 4.68. The summed E-state index contributed by atoms with van der Waals surface area (Å²) in [4.78, 5) is 26.0. The Morgan fingerprint density at radius 3 is 2.91 bits per heavy atom. The van der Waals surface area contributed by atoms with Crippen molar-refractivity contribution >= 4 is 34.8 Å². The van der Waals surface area contributed by atoms with E-state index in [1.807, 2.05) is 25.1 Å². The van der Waals surface area contributed by atoms with Gasteiger partial charge in [-0.05, 0) is 44.0 Å². The van der Waals surface area contributed by atoms with Crippen LogP contribution in [0.4, 0.5) is 11.5 Å². The van der Waals surface area contributed by atoms with Crippen molar-refractivity contribution in [2.45, 2.75) is 19.8 Å². The summed E-state index contributed by atoms with van der Waals surface area (Å²) in [7, 11) is 0. The monoisotopic (exact) mass is 481 g/mol. The average molecular weight is 482 g/mol. The number of hydrogen-bond donors (Lipinski definition) is 4. The Balaban J connectivity index is 1.61. The van der Waals surface area contributed by atoms with Crippen molar-refractivity contribution in [1.29, 1.82) is 0 Å². The number of nitrogens with one attached hydrogen (secondary N) is 3. The van der Waals surface area contributed by atoms with E-state index < -0.39 is 5.69 Å². The highest BCUT2D eigenvalue weighted by molar-refractivity contribution is 6.30. The van der Waals surface area contributed by atoms with Crippen LogP contribution in [0, 0.1) is 5.41 Å². The second kappa shape index (κ2) is 8.96. The summed E-state index contributed by atoms with van der Waals surface area (Å²) in [6, 6.07) is 9.17. The van der Waals surface area contributed by atoms with Crippen LogP contribution in [-0.4, -0.2) is 49.4 Å². The van der Waals surface area contributed by atoms with Crippen molar-refractivity contribution in [3.8, 4) is 5.88 Å². The minimum absolute atomic E-state index is 0.0741. The van der Waals surface area contributed by atoms with Gasteiger partial charge in [-0.1, -0.05) is 17.7 Å². The third-order valence-corrected chi connectivity index (χ3v) is 5.99. The molecule has 10 nitrogen and oxygen atoms in total. The van der Waals surface area contributed by atoms with Gasteiger partial charge in [0.1, 0.15) is 11.5 Å². The standard InChI is InChI=1S/C23H24ClN7O3/c1-2-34-13-23(6-7-23)12-25-19-10-18(27-16-5-3-4-15(24)9-16)29-20-14(11-26-31(19)20)8-17-21(32)30-22(33)28-17/h3-5,8-11,27,32H,2,6-7,12-13H2,1H3,(H2,28,30,33). The van der Waals surface area contributed by atoms with Gasteiger partial charge in [0, 0.05) is 40.6 Å². The summed E-state index contributed by atoms with van der Waals surface area (Å²) < 4.78 is 7.30. The summed E-state index contributed by atoms with van der Waals surface area (Å²) in [6.07, 6.45) is 5.38. The molecule has 5 rings (SSSR count). The van der Waals surface area contributed by atoms with Crippen LogP contribution >= 0.6 is 11.6 Å². The Morgan fingerprint density at radius 1 is 1.35 bits per heavy atom. The van der Waals surface area contributed by atoms with Crippen molar-refractivity contribution in [1.82, 2.24) is 24.6 Å². The smallest absolute Gasteiger partial charge is 0.326 e. The Bertz CT molecular complexity index is 1520.